The van der Waals surface area contributed by atoms with Crippen LogP contribution in [0.3, 0.4) is 0 Å². The van der Waals surface area contributed by atoms with E-state index in [1.165, 1.54) is 57.4 Å². The van der Waals surface area contributed by atoms with Crippen molar-refractivity contribution < 1.29 is 4.74 Å². The van der Waals surface area contributed by atoms with Crippen LogP contribution >= 0.6 is 0 Å². The Balaban J connectivity index is 1.50. The molecule has 0 aromatic heterocycles. The van der Waals surface area contributed by atoms with Crippen LogP contribution in [0.25, 0.3) is 0 Å². The van der Waals surface area contributed by atoms with Gasteiger partial charge in [0.15, 0.2) is 0 Å². The molecule has 1 aromatic carbocycles. The van der Waals surface area contributed by atoms with Gasteiger partial charge in [-0.3, -0.25) is 0 Å². The zero-order chi connectivity index (χ0) is 13.8. The Kier molecular flexibility index (Phi) is 4.46. The minimum atomic E-state index is 0.792. The van der Waals surface area contributed by atoms with E-state index in [9.17, 15) is 0 Å². The summed E-state index contributed by atoms with van der Waals surface area (Å²) >= 11 is 0. The highest BCUT2D eigenvalue weighted by atomic mass is 16.5. The van der Waals surface area contributed by atoms with E-state index in [-0.39, 0.29) is 0 Å². The molecular weight excluding hydrogens is 248 g/mol. The smallest absolute Gasteiger partial charge is 0.120 e. The average molecular weight is 274 g/mol. The van der Waals surface area contributed by atoms with Crippen molar-refractivity contribution >= 4 is 5.69 Å². The summed E-state index contributed by atoms with van der Waals surface area (Å²) in [5.74, 6) is 1.75. The number of hydrogen-bond acceptors (Lipinski definition) is 3. The number of benzene rings is 1. The largest absolute Gasteiger partial charge is 0.497 e. The van der Waals surface area contributed by atoms with Crippen LogP contribution in [0.4, 0.5) is 5.69 Å². The molecule has 110 valence electrons. The van der Waals surface area contributed by atoms with Gasteiger partial charge in [0.05, 0.1) is 7.11 Å². The van der Waals surface area contributed by atoms with E-state index in [1.54, 1.807) is 7.11 Å². The number of methoxy groups -OCH3 is 1. The molecule has 1 atom stereocenters. The lowest BCUT2D eigenvalue weighted by molar-refractivity contribution is 0.415. The molecule has 1 saturated carbocycles. The van der Waals surface area contributed by atoms with Crippen molar-refractivity contribution in [2.24, 2.45) is 5.92 Å². The number of nitrogens with one attached hydrogen (secondary N) is 1. The summed E-state index contributed by atoms with van der Waals surface area (Å²) in [5, 5.41) is 3.77. The van der Waals surface area contributed by atoms with E-state index in [2.05, 4.69) is 28.4 Å². The molecule has 0 bridgehead atoms. The molecule has 0 amide bonds. The third-order valence-corrected chi connectivity index (χ3v) is 4.75. The summed E-state index contributed by atoms with van der Waals surface area (Å²) in [6, 6.07) is 9.22. The molecule has 1 aromatic rings. The van der Waals surface area contributed by atoms with Crippen molar-refractivity contribution in [3.63, 3.8) is 0 Å². The molecule has 1 aliphatic heterocycles. The predicted molar refractivity (Wildman–Crippen MR) is 83.6 cm³/mol. The molecule has 0 radical (unpaired) electrons. The van der Waals surface area contributed by atoms with E-state index in [0.29, 0.717) is 0 Å². The summed E-state index contributed by atoms with van der Waals surface area (Å²) in [7, 11) is 1.73. The van der Waals surface area contributed by atoms with Crippen LogP contribution in [0.1, 0.15) is 32.1 Å². The Labute approximate surface area is 122 Å². The van der Waals surface area contributed by atoms with Gasteiger partial charge in [0.1, 0.15) is 5.75 Å². The first-order valence-electron chi connectivity index (χ1n) is 7.97. The predicted octanol–water partition coefficient (Wildman–Crippen LogP) is 3.05. The monoisotopic (exact) mass is 274 g/mol. The fourth-order valence-electron chi connectivity index (χ4n) is 3.50. The van der Waals surface area contributed by atoms with Crippen LogP contribution < -0.4 is 15.0 Å². The van der Waals surface area contributed by atoms with Gasteiger partial charge in [0.2, 0.25) is 0 Å². The van der Waals surface area contributed by atoms with Crippen LogP contribution in [-0.4, -0.2) is 32.8 Å². The van der Waals surface area contributed by atoms with Gasteiger partial charge in [-0.15, -0.1) is 0 Å². The third-order valence-electron chi connectivity index (χ3n) is 4.75. The summed E-state index contributed by atoms with van der Waals surface area (Å²) < 4.78 is 5.32. The SMILES string of the molecule is COc1cccc(N2CC[C@H](CNC3CCCC3)C2)c1. The van der Waals surface area contributed by atoms with Gasteiger partial charge in [-0.05, 0) is 43.9 Å². The number of anilines is 1. The van der Waals surface area contributed by atoms with Crippen LogP contribution in [0.2, 0.25) is 0 Å². The number of ether oxygens (including phenoxy) is 1. The third kappa shape index (κ3) is 3.26. The molecule has 1 saturated heterocycles. The number of hydrogen-bond donors (Lipinski definition) is 1. The fraction of sp³-hybridized carbons (Fsp3) is 0.647. The van der Waals surface area contributed by atoms with Crippen molar-refractivity contribution in [3.8, 4) is 5.75 Å². The van der Waals surface area contributed by atoms with E-state index in [4.69, 9.17) is 4.74 Å². The maximum absolute atomic E-state index is 5.32. The van der Waals surface area contributed by atoms with Crippen LogP contribution in [-0.2, 0) is 0 Å². The number of nitrogens with zero attached hydrogens (tertiary/aromatic N) is 1. The molecule has 2 fully saturated rings. The van der Waals surface area contributed by atoms with E-state index >= 15 is 0 Å². The summed E-state index contributed by atoms with van der Waals surface area (Å²) in [5.41, 5.74) is 1.30. The van der Waals surface area contributed by atoms with E-state index in [0.717, 1.165) is 17.7 Å². The Hall–Kier alpha value is -1.22. The molecule has 1 heterocycles. The lowest BCUT2D eigenvalue weighted by Gasteiger charge is -2.20. The Morgan fingerprint density at radius 3 is 2.90 bits per heavy atom. The van der Waals surface area contributed by atoms with Gasteiger partial charge in [-0.25, -0.2) is 0 Å². The van der Waals surface area contributed by atoms with Gasteiger partial charge in [-0.2, -0.15) is 0 Å². The molecule has 3 rings (SSSR count). The van der Waals surface area contributed by atoms with Crippen molar-refractivity contribution in [1.29, 1.82) is 0 Å². The van der Waals surface area contributed by atoms with Crippen LogP contribution in [0.15, 0.2) is 24.3 Å². The normalized spacial score (nSPS) is 23.4. The van der Waals surface area contributed by atoms with Gasteiger partial charge >= 0.3 is 0 Å². The summed E-state index contributed by atoms with van der Waals surface area (Å²) in [6.07, 6.45) is 6.89. The zero-order valence-electron chi connectivity index (χ0n) is 12.5. The average Bonchev–Trinajstić information content (AvgIpc) is 3.16. The van der Waals surface area contributed by atoms with Gasteiger partial charge in [0.25, 0.3) is 0 Å². The highest BCUT2D eigenvalue weighted by Gasteiger charge is 2.24. The van der Waals surface area contributed by atoms with Gasteiger partial charge in [0, 0.05) is 30.9 Å². The molecular formula is C17H26N2O. The van der Waals surface area contributed by atoms with Crippen molar-refractivity contribution in [2.45, 2.75) is 38.1 Å². The maximum atomic E-state index is 5.32. The lowest BCUT2D eigenvalue weighted by atomic mass is 10.1. The summed E-state index contributed by atoms with van der Waals surface area (Å²) in [4.78, 5) is 2.49. The standard InChI is InChI=1S/C17H26N2O/c1-20-17-8-4-7-16(11-17)19-10-9-14(13-19)12-18-15-5-2-3-6-15/h4,7-8,11,14-15,18H,2-3,5-6,9-10,12-13H2,1H3/t14-/m1/s1. The summed E-state index contributed by atoms with van der Waals surface area (Å²) in [6.45, 7) is 3.53. The first-order valence-corrected chi connectivity index (χ1v) is 7.97. The molecule has 1 N–H and O–H groups in total. The Bertz CT molecular complexity index is 429. The van der Waals surface area contributed by atoms with E-state index in [1.807, 2.05) is 6.07 Å². The second-order valence-electron chi connectivity index (χ2n) is 6.19. The van der Waals surface area contributed by atoms with Crippen LogP contribution in [0, 0.1) is 5.92 Å². The maximum Gasteiger partial charge on any atom is 0.120 e. The minimum Gasteiger partial charge on any atom is -0.497 e. The van der Waals surface area contributed by atoms with Crippen LogP contribution in [0.5, 0.6) is 5.75 Å². The Morgan fingerprint density at radius 1 is 1.25 bits per heavy atom. The Morgan fingerprint density at radius 2 is 2.10 bits per heavy atom. The number of rotatable bonds is 5. The van der Waals surface area contributed by atoms with Gasteiger partial charge < -0.3 is 15.0 Å². The lowest BCUT2D eigenvalue weighted by Crippen LogP contribution is -2.32. The minimum absolute atomic E-state index is 0.792. The first-order chi connectivity index (χ1) is 9.85. The molecule has 3 nitrogen and oxygen atoms in total. The molecule has 3 heteroatoms. The molecule has 0 spiro atoms. The zero-order valence-corrected chi connectivity index (χ0v) is 12.5. The van der Waals surface area contributed by atoms with Crippen molar-refractivity contribution in [2.75, 3.05) is 31.6 Å². The molecule has 1 aliphatic carbocycles. The first kappa shape index (κ1) is 13.7. The topological polar surface area (TPSA) is 24.5 Å². The quantitative estimate of drug-likeness (QED) is 0.893. The highest BCUT2D eigenvalue weighted by molar-refractivity contribution is 5.51. The molecule has 2 aliphatic rings. The second-order valence-corrected chi connectivity index (χ2v) is 6.19. The van der Waals surface area contributed by atoms with Gasteiger partial charge in [-0.1, -0.05) is 18.9 Å². The fourth-order valence-corrected chi connectivity index (χ4v) is 3.50. The van der Waals surface area contributed by atoms with Crippen molar-refractivity contribution in [1.82, 2.24) is 5.32 Å². The molecule has 0 unspecified atom stereocenters. The second kappa shape index (κ2) is 6.49. The highest BCUT2D eigenvalue weighted by Crippen LogP contribution is 2.27. The van der Waals surface area contributed by atoms with Crippen molar-refractivity contribution in [3.05, 3.63) is 24.3 Å². The van der Waals surface area contributed by atoms with E-state index < -0.39 is 0 Å². The molecule has 20 heavy (non-hydrogen) atoms.